The van der Waals surface area contributed by atoms with Crippen molar-refractivity contribution in [2.75, 3.05) is 7.05 Å². The Morgan fingerprint density at radius 1 is 1.04 bits per heavy atom. The zero-order valence-corrected chi connectivity index (χ0v) is 17.5. The number of nitrogens with zero attached hydrogens (tertiary/aromatic N) is 2. The lowest BCUT2D eigenvalue weighted by Gasteiger charge is -2.32. The number of aryl methyl sites for hydroxylation is 2. The average Bonchev–Trinajstić information content (AvgIpc) is 3.12. The molecule has 2 bridgehead atoms. The van der Waals surface area contributed by atoms with Crippen molar-refractivity contribution in [3.63, 3.8) is 0 Å². The molecule has 2 atom stereocenters. The second-order valence-electron chi connectivity index (χ2n) is 9.15. The maximum absolute atomic E-state index is 2.68. The highest BCUT2D eigenvalue weighted by atomic mass is 15.2. The van der Waals surface area contributed by atoms with E-state index in [-0.39, 0.29) is 0 Å². The van der Waals surface area contributed by atoms with E-state index < -0.39 is 0 Å². The Morgan fingerprint density at radius 3 is 2.64 bits per heavy atom. The lowest BCUT2D eigenvalue weighted by molar-refractivity contribution is 0.222. The van der Waals surface area contributed by atoms with E-state index in [9.17, 15) is 0 Å². The first-order chi connectivity index (χ1) is 13.6. The fourth-order valence-electron chi connectivity index (χ4n) is 5.57. The number of fused-ring (bicyclic) bond motifs is 6. The van der Waals surface area contributed by atoms with Crippen LogP contribution >= 0.6 is 0 Å². The molecule has 2 heteroatoms. The van der Waals surface area contributed by atoms with Crippen LogP contribution in [-0.2, 0) is 19.4 Å². The number of hydrogen-bond acceptors (Lipinski definition) is 1. The summed E-state index contributed by atoms with van der Waals surface area (Å²) in [5, 5.41) is 1.53. The molecule has 1 fully saturated rings. The van der Waals surface area contributed by atoms with E-state index in [1.54, 1.807) is 11.3 Å². The monoisotopic (exact) mass is 372 g/mol. The van der Waals surface area contributed by atoms with Gasteiger partial charge >= 0.3 is 0 Å². The normalized spacial score (nSPS) is 21.6. The van der Waals surface area contributed by atoms with Crippen molar-refractivity contribution in [1.29, 1.82) is 0 Å². The molecule has 0 radical (unpaired) electrons. The molecule has 28 heavy (non-hydrogen) atoms. The topological polar surface area (TPSA) is 8.17 Å². The van der Waals surface area contributed by atoms with Crippen molar-refractivity contribution in [2.45, 2.75) is 70.5 Å². The Balaban J connectivity index is 1.54. The second-order valence-corrected chi connectivity index (χ2v) is 9.15. The van der Waals surface area contributed by atoms with Gasteiger partial charge in [-0.15, -0.1) is 0 Å². The first-order valence-electron chi connectivity index (χ1n) is 11.0. The molecule has 0 saturated carbocycles. The molecule has 0 spiro atoms. The van der Waals surface area contributed by atoms with Crippen molar-refractivity contribution >= 4 is 10.9 Å². The van der Waals surface area contributed by atoms with Crippen molar-refractivity contribution in [2.24, 2.45) is 0 Å². The number of benzene rings is 2. The summed E-state index contributed by atoms with van der Waals surface area (Å²) < 4.78 is 2.68. The second kappa shape index (κ2) is 7.08. The van der Waals surface area contributed by atoms with Crippen LogP contribution in [0.2, 0.25) is 0 Å². The molecular formula is C26H32N2. The van der Waals surface area contributed by atoms with Gasteiger partial charge in [-0.2, -0.15) is 0 Å². The van der Waals surface area contributed by atoms with Crippen LogP contribution in [0.3, 0.4) is 0 Å². The lowest BCUT2D eigenvalue weighted by atomic mass is 9.95. The minimum Gasteiger partial charge on any atom is -0.344 e. The first kappa shape index (κ1) is 18.0. The largest absolute Gasteiger partial charge is 0.344 e. The van der Waals surface area contributed by atoms with Crippen LogP contribution in [-0.4, -0.2) is 22.6 Å². The molecule has 2 nitrogen and oxygen atoms in total. The average molecular weight is 373 g/mol. The number of aromatic nitrogens is 1. The highest BCUT2D eigenvalue weighted by Crippen LogP contribution is 2.47. The zero-order chi connectivity index (χ0) is 19.3. The van der Waals surface area contributed by atoms with Gasteiger partial charge in [-0.05, 0) is 67.5 Å². The molecule has 2 aromatic carbocycles. The summed E-state index contributed by atoms with van der Waals surface area (Å²) in [5.74, 6) is 0.583. The Hall–Kier alpha value is -2.06. The zero-order valence-electron chi connectivity index (χ0n) is 17.5. The molecule has 0 aliphatic carbocycles. The Bertz CT molecular complexity index is 983. The first-order valence-corrected chi connectivity index (χ1v) is 11.0. The van der Waals surface area contributed by atoms with E-state index in [0.29, 0.717) is 12.0 Å². The van der Waals surface area contributed by atoms with Crippen molar-refractivity contribution in [1.82, 2.24) is 9.47 Å². The van der Waals surface area contributed by atoms with Gasteiger partial charge in [0.05, 0.1) is 0 Å². The van der Waals surface area contributed by atoms with Crippen LogP contribution in [0.4, 0.5) is 0 Å². The lowest BCUT2D eigenvalue weighted by Crippen LogP contribution is -2.34. The Kier molecular flexibility index (Phi) is 4.55. The summed E-state index contributed by atoms with van der Waals surface area (Å²) in [7, 11) is 2.34. The number of rotatable bonds is 5. The van der Waals surface area contributed by atoms with Gasteiger partial charge in [0.25, 0.3) is 0 Å². The van der Waals surface area contributed by atoms with Crippen LogP contribution in [0.25, 0.3) is 10.9 Å². The summed E-state index contributed by atoms with van der Waals surface area (Å²) in [6.45, 7) is 5.75. The molecular weight excluding hydrogens is 340 g/mol. The Labute approximate surface area is 169 Å². The van der Waals surface area contributed by atoms with Crippen molar-refractivity contribution in [3.8, 4) is 0 Å². The van der Waals surface area contributed by atoms with Crippen LogP contribution < -0.4 is 0 Å². The fraction of sp³-hybridized carbons (Fsp3) is 0.462. The molecule has 0 amide bonds. The standard InChI is InChI=1S/C26H32N2/c1-18(2)20-11-13-23-22(16-20)26-24-14-12-21(27(24)3)17-25(26)28(23)15-7-10-19-8-5-4-6-9-19/h4-6,8-9,11,13,16,18,21,24H,7,10,12,14-15,17H2,1-3H3. The molecule has 5 rings (SSSR count). The van der Waals surface area contributed by atoms with Gasteiger partial charge in [-0.25, -0.2) is 0 Å². The van der Waals surface area contributed by atoms with E-state index >= 15 is 0 Å². The van der Waals surface area contributed by atoms with E-state index in [1.807, 2.05) is 0 Å². The van der Waals surface area contributed by atoms with Crippen LogP contribution in [0.5, 0.6) is 0 Å². The molecule has 2 aliphatic rings. The third-order valence-corrected chi connectivity index (χ3v) is 7.20. The number of hydrogen-bond donors (Lipinski definition) is 0. The predicted octanol–water partition coefficient (Wildman–Crippen LogP) is 6.09. The highest BCUT2D eigenvalue weighted by molar-refractivity contribution is 5.87. The summed E-state index contributed by atoms with van der Waals surface area (Å²) >= 11 is 0. The minimum absolute atomic E-state index is 0.583. The summed E-state index contributed by atoms with van der Waals surface area (Å²) in [6, 6.07) is 19.5. The van der Waals surface area contributed by atoms with Gasteiger partial charge < -0.3 is 4.57 Å². The SMILES string of the molecule is CC(C)c1ccc2c(c1)c1c(n2CCCc2ccccc2)CC2CCC1N2C. The Morgan fingerprint density at radius 2 is 1.86 bits per heavy atom. The molecule has 0 N–H and O–H groups in total. The van der Waals surface area contributed by atoms with Gasteiger partial charge in [0, 0.05) is 41.6 Å². The minimum atomic E-state index is 0.583. The fourth-order valence-corrected chi connectivity index (χ4v) is 5.57. The maximum atomic E-state index is 2.68. The van der Waals surface area contributed by atoms with Gasteiger partial charge in [0.2, 0.25) is 0 Å². The summed E-state index contributed by atoms with van der Waals surface area (Å²) in [4.78, 5) is 2.65. The molecule has 2 unspecified atom stereocenters. The number of likely N-dealkylation sites (N-methyl/N-ethyl adjacent to an activating group) is 1. The van der Waals surface area contributed by atoms with E-state index in [1.165, 1.54) is 47.7 Å². The van der Waals surface area contributed by atoms with Crippen LogP contribution in [0.1, 0.15) is 67.5 Å². The molecule has 3 aromatic rings. The maximum Gasteiger partial charge on any atom is 0.0486 e. The highest BCUT2D eigenvalue weighted by Gasteiger charge is 2.40. The molecule has 1 saturated heterocycles. The third-order valence-electron chi connectivity index (χ3n) is 7.20. The van der Waals surface area contributed by atoms with Crippen LogP contribution in [0.15, 0.2) is 48.5 Å². The molecule has 3 heterocycles. The summed E-state index contributed by atoms with van der Waals surface area (Å²) in [6.07, 6.45) is 6.26. The smallest absolute Gasteiger partial charge is 0.0486 e. The third kappa shape index (κ3) is 2.90. The van der Waals surface area contributed by atoms with E-state index in [0.717, 1.165) is 19.0 Å². The van der Waals surface area contributed by atoms with Crippen molar-refractivity contribution in [3.05, 3.63) is 70.9 Å². The molecule has 2 aliphatic heterocycles. The molecule has 146 valence electrons. The van der Waals surface area contributed by atoms with Crippen molar-refractivity contribution < 1.29 is 0 Å². The van der Waals surface area contributed by atoms with E-state index in [4.69, 9.17) is 0 Å². The van der Waals surface area contributed by atoms with Gasteiger partial charge in [-0.3, -0.25) is 4.90 Å². The van der Waals surface area contributed by atoms with Gasteiger partial charge in [0.1, 0.15) is 0 Å². The quantitative estimate of drug-likeness (QED) is 0.526. The van der Waals surface area contributed by atoms with E-state index in [2.05, 4.69) is 78.9 Å². The van der Waals surface area contributed by atoms with Gasteiger partial charge in [0.15, 0.2) is 0 Å². The molecule has 1 aromatic heterocycles. The predicted molar refractivity (Wildman–Crippen MR) is 118 cm³/mol. The van der Waals surface area contributed by atoms with Crippen LogP contribution in [0, 0.1) is 0 Å². The summed E-state index contributed by atoms with van der Waals surface area (Å²) in [5.41, 5.74) is 7.67. The van der Waals surface area contributed by atoms with Gasteiger partial charge in [-0.1, -0.05) is 50.2 Å².